The fraction of sp³-hybridized carbons (Fsp3) is 0.682. The molecule has 25 heavy (non-hydrogen) atoms. The lowest BCUT2D eigenvalue weighted by molar-refractivity contribution is -0.120. The lowest BCUT2D eigenvalue weighted by Gasteiger charge is -2.57. The minimum Gasteiger partial charge on any atom is -0.493 e. The van der Waals surface area contributed by atoms with Gasteiger partial charge in [0.1, 0.15) is 5.75 Å². The Kier molecular flexibility index (Phi) is 3.79. The first kappa shape index (κ1) is 15.7. The van der Waals surface area contributed by atoms with E-state index >= 15 is 0 Å². The van der Waals surface area contributed by atoms with E-state index in [9.17, 15) is 4.79 Å². The van der Waals surface area contributed by atoms with Crippen LogP contribution in [0.25, 0.3) is 0 Å². The molecular weight excluding hydrogens is 310 g/mol. The second-order valence-electron chi connectivity index (χ2n) is 9.23. The molecular formula is C22H29NO2. The molecule has 1 aromatic carbocycles. The maximum Gasteiger partial charge on any atom is 0.224 e. The second kappa shape index (κ2) is 6.03. The van der Waals surface area contributed by atoms with Crippen molar-refractivity contribution < 1.29 is 9.53 Å². The third kappa shape index (κ3) is 3.07. The highest BCUT2D eigenvalue weighted by molar-refractivity contribution is 5.78. The molecule has 0 saturated heterocycles. The van der Waals surface area contributed by atoms with E-state index in [-0.39, 0.29) is 5.91 Å². The number of nitrogens with one attached hydrogen (secondary N) is 1. The maximum atomic E-state index is 12.4. The van der Waals surface area contributed by atoms with Gasteiger partial charge in [0, 0.05) is 13.0 Å². The summed E-state index contributed by atoms with van der Waals surface area (Å²) in [5.41, 5.74) is 2.92. The fourth-order valence-corrected chi connectivity index (χ4v) is 6.66. The zero-order valence-corrected chi connectivity index (χ0v) is 15.1. The lowest BCUT2D eigenvalue weighted by Crippen LogP contribution is -2.47. The minimum atomic E-state index is 0.170. The summed E-state index contributed by atoms with van der Waals surface area (Å²) in [6.45, 7) is 1.63. The van der Waals surface area contributed by atoms with Gasteiger partial charge in [-0.2, -0.15) is 0 Å². The molecule has 1 amide bonds. The predicted molar refractivity (Wildman–Crippen MR) is 97.6 cm³/mol. The summed E-state index contributed by atoms with van der Waals surface area (Å²) in [5.74, 6) is 4.15. The number of rotatable bonds is 5. The Morgan fingerprint density at radius 3 is 2.56 bits per heavy atom. The summed E-state index contributed by atoms with van der Waals surface area (Å²) in [6, 6.07) is 6.18. The molecule has 0 radical (unpaired) electrons. The van der Waals surface area contributed by atoms with Crippen molar-refractivity contribution in [3.8, 4) is 5.75 Å². The van der Waals surface area contributed by atoms with Crippen LogP contribution in [0.4, 0.5) is 0 Å². The van der Waals surface area contributed by atoms with Crippen LogP contribution in [-0.2, 0) is 17.6 Å². The average molecular weight is 339 g/mol. The van der Waals surface area contributed by atoms with Crippen LogP contribution in [0, 0.1) is 23.2 Å². The largest absolute Gasteiger partial charge is 0.493 e. The van der Waals surface area contributed by atoms with E-state index < -0.39 is 0 Å². The number of benzene rings is 1. The number of hydrogen-bond acceptors (Lipinski definition) is 2. The minimum absolute atomic E-state index is 0.170. The maximum absolute atomic E-state index is 12.4. The van der Waals surface area contributed by atoms with Crippen molar-refractivity contribution in [2.75, 3.05) is 13.2 Å². The van der Waals surface area contributed by atoms with E-state index in [0.29, 0.717) is 11.8 Å². The molecule has 4 bridgehead atoms. The third-order valence-electron chi connectivity index (χ3n) is 7.26. The summed E-state index contributed by atoms with van der Waals surface area (Å²) in [7, 11) is 0. The molecule has 0 unspecified atom stereocenters. The molecule has 0 spiro atoms. The van der Waals surface area contributed by atoms with Crippen molar-refractivity contribution in [3.05, 3.63) is 29.3 Å². The first-order valence-electron chi connectivity index (χ1n) is 10.2. The van der Waals surface area contributed by atoms with Gasteiger partial charge in [-0.15, -0.1) is 0 Å². The van der Waals surface area contributed by atoms with Crippen LogP contribution in [0.1, 0.15) is 56.1 Å². The average Bonchev–Trinajstić information content (AvgIpc) is 3.01. The number of carbonyl (C=O) groups is 1. The van der Waals surface area contributed by atoms with E-state index in [0.717, 1.165) is 48.6 Å². The van der Waals surface area contributed by atoms with Crippen molar-refractivity contribution in [1.82, 2.24) is 5.32 Å². The number of ether oxygens (including phenoxy) is 1. The Labute approximate surface area is 150 Å². The van der Waals surface area contributed by atoms with Crippen LogP contribution in [0.5, 0.6) is 5.75 Å². The number of carbonyl (C=O) groups excluding carboxylic acids is 1. The summed E-state index contributed by atoms with van der Waals surface area (Å²) in [4.78, 5) is 12.4. The van der Waals surface area contributed by atoms with Crippen molar-refractivity contribution in [3.63, 3.8) is 0 Å². The molecule has 3 nitrogen and oxygen atoms in total. The first-order valence-corrected chi connectivity index (χ1v) is 10.2. The normalized spacial score (nSPS) is 34.6. The quantitative estimate of drug-likeness (QED) is 0.884. The van der Waals surface area contributed by atoms with Crippen molar-refractivity contribution in [2.45, 2.75) is 57.8 Å². The van der Waals surface area contributed by atoms with E-state index in [1.807, 2.05) is 12.1 Å². The van der Waals surface area contributed by atoms with Gasteiger partial charge >= 0.3 is 0 Å². The summed E-state index contributed by atoms with van der Waals surface area (Å²) in [6.07, 6.45) is 11.4. The van der Waals surface area contributed by atoms with E-state index in [2.05, 4.69) is 11.4 Å². The van der Waals surface area contributed by atoms with Crippen LogP contribution >= 0.6 is 0 Å². The summed E-state index contributed by atoms with van der Waals surface area (Å²) >= 11 is 0. The molecule has 4 saturated carbocycles. The smallest absolute Gasteiger partial charge is 0.224 e. The van der Waals surface area contributed by atoms with Gasteiger partial charge in [-0.1, -0.05) is 12.1 Å². The second-order valence-corrected chi connectivity index (χ2v) is 9.23. The van der Waals surface area contributed by atoms with Crippen molar-refractivity contribution in [2.24, 2.45) is 23.2 Å². The molecule has 4 fully saturated rings. The zero-order valence-electron chi connectivity index (χ0n) is 15.1. The zero-order chi connectivity index (χ0) is 16.9. The van der Waals surface area contributed by atoms with Gasteiger partial charge in [0.2, 0.25) is 5.91 Å². The highest BCUT2D eigenvalue weighted by Gasteiger charge is 2.50. The van der Waals surface area contributed by atoms with Gasteiger partial charge < -0.3 is 10.1 Å². The van der Waals surface area contributed by atoms with Gasteiger partial charge in [-0.3, -0.25) is 4.79 Å². The van der Waals surface area contributed by atoms with Crippen LogP contribution in [0.3, 0.4) is 0 Å². The first-order chi connectivity index (χ1) is 12.2. The Balaban J connectivity index is 1.14. The summed E-state index contributed by atoms with van der Waals surface area (Å²) < 4.78 is 5.54. The Hall–Kier alpha value is -1.51. The Bertz CT molecular complexity index is 645. The molecule has 1 N–H and O–H groups in total. The molecule has 1 aliphatic heterocycles. The van der Waals surface area contributed by atoms with E-state index in [1.54, 1.807) is 0 Å². The molecule has 0 atom stereocenters. The summed E-state index contributed by atoms with van der Waals surface area (Å²) in [5, 5.41) is 3.20. The van der Waals surface area contributed by atoms with Gasteiger partial charge in [0.25, 0.3) is 0 Å². The predicted octanol–water partition coefficient (Wildman–Crippen LogP) is 3.89. The lowest BCUT2D eigenvalue weighted by atomic mass is 9.49. The van der Waals surface area contributed by atoms with Gasteiger partial charge in [-0.05, 0) is 85.3 Å². The monoisotopic (exact) mass is 339 g/mol. The Morgan fingerprint density at radius 2 is 1.84 bits per heavy atom. The molecule has 0 aromatic heterocycles. The standard InChI is InChI=1S/C22H29NO2/c24-21(11-15-1-2-20-19(10-15)3-6-25-20)23-5-4-22-12-16-7-17(13-22)9-18(8-16)14-22/h1-2,10,16-18H,3-9,11-14H2,(H,23,24). The number of hydrogen-bond donors (Lipinski definition) is 1. The topological polar surface area (TPSA) is 38.3 Å². The molecule has 134 valence electrons. The van der Waals surface area contributed by atoms with E-state index in [1.165, 1.54) is 50.5 Å². The van der Waals surface area contributed by atoms with Gasteiger partial charge in [-0.25, -0.2) is 0 Å². The molecule has 6 rings (SSSR count). The highest BCUT2D eigenvalue weighted by atomic mass is 16.5. The molecule has 3 heteroatoms. The van der Waals surface area contributed by atoms with Gasteiger partial charge in [0.05, 0.1) is 13.0 Å². The van der Waals surface area contributed by atoms with Crippen LogP contribution in [-0.4, -0.2) is 19.1 Å². The highest BCUT2D eigenvalue weighted by Crippen LogP contribution is 2.61. The van der Waals surface area contributed by atoms with Gasteiger partial charge in [0.15, 0.2) is 0 Å². The SMILES string of the molecule is O=C(Cc1ccc2c(c1)CCO2)NCCC12CC3CC(CC(C3)C1)C2. The molecule has 1 aromatic rings. The fourth-order valence-electron chi connectivity index (χ4n) is 6.66. The van der Waals surface area contributed by atoms with Crippen molar-refractivity contribution >= 4 is 5.91 Å². The number of amides is 1. The van der Waals surface area contributed by atoms with E-state index in [4.69, 9.17) is 4.74 Å². The molecule has 4 aliphatic carbocycles. The van der Waals surface area contributed by atoms with Crippen molar-refractivity contribution in [1.29, 1.82) is 0 Å². The molecule has 5 aliphatic rings. The van der Waals surface area contributed by atoms with Crippen LogP contribution < -0.4 is 10.1 Å². The Morgan fingerprint density at radius 1 is 1.12 bits per heavy atom. The van der Waals surface area contributed by atoms with Crippen LogP contribution in [0.2, 0.25) is 0 Å². The third-order valence-corrected chi connectivity index (χ3v) is 7.26. The molecule has 1 heterocycles. The van der Waals surface area contributed by atoms with Crippen LogP contribution in [0.15, 0.2) is 18.2 Å². The number of fused-ring (bicyclic) bond motifs is 1.